The van der Waals surface area contributed by atoms with Gasteiger partial charge in [0, 0.05) is 34.1 Å². The summed E-state index contributed by atoms with van der Waals surface area (Å²) in [5, 5.41) is 8.01. The molecule has 0 bridgehead atoms. The largest absolute Gasteiger partial charge is 0.311 e. The number of para-hydroxylation sites is 4. The van der Waals surface area contributed by atoms with Gasteiger partial charge in [0.25, 0.3) is 0 Å². The number of rotatable bonds is 7. The maximum Gasteiger partial charge on any atom is 0.0464 e. The highest BCUT2D eigenvalue weighted by atomic mass is 15.1. The average Bonchev–Trinajstić information content (AvgIpc) is 3.65. The van der Waals surface area contributed by atoms with E-state index in [-0.39, 0.29) is 0 Å². The first kappa shape index (κ1) is 31.4. The molecule has 0 saturated carbocycles. The SMILES string of the molecule is c1ccc(N(c2ccccc2)c2ccc(-c3cc4cccc5c6c(c7cccc3c7c45)Cc3cc(N(c4ccccc4)c4ccccc4)ccc3-6)cc2)cc1. The second-order valence-corrected chi connectivity index (χ2v) is 14.5. The minimum Gasteiger partial charge on any atom is -0.311 e. The summed E-state index contributed by atoms with van der Waals surface area (Å²) in [5.41, 5.74) is 14.9. The van der Waals surface area contributed by atoms with Crippen LogP contribution in [0.25, 0.3) is 54.6 Å². The van der Waals surface area contributed by atoms with Gasteiger partial charge in [-0.05, 0) is 151 Å². The standard InChI is InChI=1S/C53H36N2/c1-5-16-39(17-6-1)54(40-18-7-2-8-19-40)43-29-27-36(28-30-43)49-34-37-15-13-26-48-51(37)53-46(49)24-14-25-47(53)50-35-38-33-44(31-32-45(38)52(48)50)55(41-20-9-3-10-21-41)42-22-11-4-12-23-42/h1-34H,35H2. The Hall–Kier alpha value is -7.16. The number of benzene rings is 10. The molecule has 55 heavy (non-hydrogen) atoms. The van der Waals surface area contributed by atoms with E-state index in [0.717, 1.165) is 34.9 Å². The summed E-state index contributed by atoms with van der Waals surface area (Å²) in [5.74, 6) is 0. The Morgan fingerprint density at radius 3 is 1.42 bits per heavy atom. The van der Waals surface area contributed by atoms with Gasteiger partial charge in [-0.2, -0.15) is 0 Å². The zero-order valence-electron chi connectivity index (χ0n) is 30.2. The van der Waals surface area contributed by atoms with E-state index in [2.05, 4.69) is 216 Å². The van der Waals surface area contributed by atoms with Crippen molar-refractivity contribution in [3.63, 3.8) is 0 Å². The highest BCUT2D eigenvalue weighted by Gasteiger charge is 2.27. The summed E-state index contributed by atoms with van der Waals surface area (Å²) < 4.78 is 0. The summed E-state index contributed by atoms with van der Waals surface area (Å²) in [4.78, 5) is 4.69. The fourth-order valence-electron chi connectivity index (χ4n) is 9.03. The molecule has 0 saturated heterocycles. The first-order valence-electron chi connectivity index (χ1n) is 19.1. The molecule has 10 aromatic rings. The summed E-state index contributed by atoms with van der Waals surface area (Å²) in [6.45, 7) is 0. The topological polar surface area (TPSA) is 6.48 Å². The predicted octanol–water partition coefficient (Wildman–Crippen LogP) is 14.8. The zero-order valence-corrected chi connectivity index (χ0v) is 30.2. The molecule has 10 aromatic carbocycles. The molecular weight excluding hydrogens is 665 g/mol. The molecule has 0 radical (unpaired) electrons. The van der Waals surface area contributed by atoms with Gasteiger partial charge < -0.3 is 9.80 Å². The van der Waals surface area contributed by atoms with Gasteiger partial charge in [0.1, 0.15) is 0 Å². The van der Waals surface area contributed by atoms with E-state index >= 15 is 0 Å². The van der Waals surface area contributed by atoms with Crippen molar-refractivity contribution in [2.24, 2.45) is 0 Å². The van der Waals surface area contributed by atoms with Gasteiger partial charge >= 0.3 is 0 Å². The lowest BCUT2D eigenvalue weighted by Crippen LogP contribution is -2.09. The average molecular weight is 701 g/mol. The van der Waals surface area contributed by atoms with Crippen molar-refractivity contribution in [3.05, 3.63) is 217 Å². The van der Waals surface area contributed by atoms with Gasteiger partial charge in [0.15, 0.2) is 0 Å². The smallest absolute Gasteiger partial charge is 0.0464 e. The molecule has 1 aliphatic rings. The van der Waals surface area contributed by atoms with Gasteiger partial charge in [-0.3, -0.25) is 0 Å². The molecule has 0 atom stereocenters. The molecule has 2 nitrogen and oxygen atoms in total. The van der Waals surface area contributed by atoms with Crippen molar-refractivity contribution in [1.82, 2.24) is 0 Å². The predicted molar refractivity (Wildman–Crippen MR) is 233 cm³/mol. The number of nitrogens with zero attached hydrogens (tertiary/aromatic N) is 2. The second-order valence-electron chi connectivity index (χ2n) is 14.5. The van der Waals surface area contributed by atoms with Crippen LogP contribution in [0.3, 0.4) is 0 Å². The maximum atomic E-state index is 2.42. The van der Waals surface area contributed by atoms with Gasteiger partial charge in [0.05, 0.1) is 0 Å². The Bertz CT molecular complexity index is 2900. The normalized spacial score (nSPS) is 11.9. The molecule has 0 fully saturated rings. The van der Waals surface area contributed by atoms with Crippen molar-refractivity contribution in [3.8, 4) is 22.3 Å². The van der Waals surface area contributed by atoms with Gasteiger partial charge in [-0.1, -0.05) is 127 Å². The van der Waals surface area contributed by atoms with E-state index in [9.17, 15) is 0 Å². The lowest BCUT2D eigenvalue weighted by Gasteiger charge is -2.26. The van der Waals surface area contributed by atoms with Crippen molar-refractivity contribution < 1.29 is 0 Å². The Morgan fingerprint density at radius 1 is 0.327 bits per heavy atom. The van der Waals surface area contributed by atoms with E-state index in [4.69, 9.17) is 0 Å². The molecule has 0 N–H and O–H groups in total. The van der Waals surface area contributed by atoms with Crippen LogP contribution in [0, 0.1) is 0 Å². The fourth-order valence-corrected chi connectivity index (χ4v) is 9.03. The van der Waals surface area contributed by atoms with E-state index < -0.39 is 0 Å². The number of hydrogen-bond donors (Lipinski definition) is 0. The molecule has 0 amide bonds. The van der Waals surface area contributed by atoms with Gasteiger partial charge in [-0.15, -0.1) is 0 Å². The molecule has 1 aliphatic carbocycles. The minimum absolute atomic E-state index is 0.901. The van der Waals surface area contributed by atoms with Crippen molar-refractivity contribution >= 4 is 66.4 Å². The quantitative estimate of drug-likeness (QED) is 0.153. The highest BCUT2D eigenvalue weighted by Crippen LogP contribution is 2.51. The van der Waals surface area contributed by atoms with Crippen LogP contribution in [-0.4, -0.2) is 0 Å². The molecule has 0 spiro atoms. The third kappa shape index (κ3) is 5.10. The summed E-state index contributed by atoms with van der Waals surface area (Å²) in [6, 6.07) is 75.0. The third-order valence-electron chi connectivity index (χ3n) is 11.4. The Kier molecular flexibility index (Phi) is 7.28. The third-order valence-corrected chi connectivity index (χ3v) is 11.4. The summed E-state index contributed by atoms with van der Waals surface area (Å²) in [6.07, 6.45) is 0.901. The molecular formula is C53H36N2. The molecule has 2 heteroatoms. The van der Waals surface area contributed by atoms with Crippen molar-refractivity contribution in [2.75, 3.05) is 9.80 Å². The van der Waals surface area contributed by atoms with Crippen molar-refractivity contribution in [1.29, 1.82) is 0 Å². The monoisotopic (exact) mass is 700 g/mol. The molecule has 0 aliphatic heterocycles. The summed E-state index contributed by atoms with van der Waals surface area (Å²) >= 11 is 0. The van der Waals surface area contributed by atoms with Crippen LogP contribution < -0.4 is 9.80 Å². The van der Waals surface area contributed by atoms with E-state index in [1.165, 1.54) is 71.4 Å². The molecule has 11 rings (SSSR count). The first-order valence-corrected chi connectivity index (χ1v) is 19.1. The van der Waals surface area contributed by atoms with E-state index in [1.54, 1.807) is 0 Å². The van der Waals surface area contributed by atoms with Crippen LogP contribution in [0.4, 0.5) is 34.1 Å². The van der Waals surface area contributed by atoms with Gasteiger partial charge in [-0.25, -0.2) is 0 Å². The number of hydrogen-bond acceptors (Lipinski definition) is 2. The molecule has 0 unspecified atom stereocenters. The van der Waals surface area contributed by atoms with Crippen LogP contribution in [0.2, 0.25) is 0 Å². The van der Waals surface area contributed by atoms with Gasteiger partial charge in [0.2, 0.25) is 0 Å². The van der Waals surface area contributed by atoms with Crippen LogP contribution in [0.5, 0.6) is 0 Å². The highest BCUT2D eigenvalue weighted by molar-refractivity contribution is 6.30. The maximum absolute atomic E-state index is 2.42. The molecule has 258 valence electrons. The number of anilines is 6. The molecule has 0 heterocycles. The lowest BCUT2D eigenvalue weighted by molar-refractivity contribution is 1.24. The molecule has 0 aromatic heterocycles. The first-order chi connectivity index (χ1) is 27.3. The Balaban J connectivity index is 1.04. The van der Waals surface area contributed by atoms with Crippen LogP contribution in [0.15, 0.2) is 206 Å². The van der Waals surface area contributed by atoms with E-state index in [1.807, 2.05) is 0 Å². The van der Waals surface area contributed by atoms with E-state index in [0.29, 0.717) is 0 Å². The summed E-state index contributed by atoms with van der Waals surface area (Å²) in [7, 11) is 0. The second kappa shape index (κ2) is 12.8. The fraction of sp³-hybridized carbons (Fsp3) is 0.0189. The van der Waals surface area contributed by atoms with Crippen molar-refractivity contribution in [2.45, 2.75) is 6.42 Å². The minimum atomic E-state index is 0.901. The zero-order chi connectivity index (χ0) is 36.3. The number of fused-ring (bicyclic) bond motifs is 5. The Labute approximate surface area is 321 Å². The van der Waals surface area contributed by atoms with Crippen LogP contribution in [0.1, 0.15) is 11.1 Å². The lowest BCUT2D eigenvalue weighted by atomic mass is 9.84. The van der Waals surface area contributed by atoms with Crippen LogP contribution >= 0.6 is 0 Å². The Morgan fingerprint density at radius 2 is 0.818 bits per heavy atom. The van der Waals surface area contributed by atoms with Crippen LogP contribution in [-0.2, 0) is 6.42 Å².